The number of hydrogen-bond donors (Lipinski definition) is 3. The molecule has 13 heavy (non-hydrogen) atoms. The zero-order valence-electron chi connectivity index (χ0n) is 7.02. The maximum atomic E-state index is 10.7. The summed E-state index contributed by atoms with van der Waals surface area (Å²) in [5, 5.41) is 25.3. The molecule has 76 valence electrons. The maximum absolute atomic E-state index is 10.7. The second-order valence-corrected chi connectivity index (χ2v) is 2.23. The lowest BCUT2D eigenvalue weighted by Gasteiger charge is -2.00. The number of aliphatic hydroxyl groups excluding tert-OH is 2. The predicted octanol–water partition coefficient (Wildman–Crippen LogP) is -1.89. The van der Waals surface area contributed by atoms with Crippen LogP contribution in [0.1, 0.15) is 6.92 Å². The van der Waals surface area contributed by atoms with E-state index in [0.29, 0.717) is 0 Å². The Hall–Kier alpha value is -1.24. The standard InChI is InChI=1S/C7H10O5.H2O/c1-4(7(11)12)2-5(9)6(10)3-8;/h2,6,8,10H,3H2,1H3,(H,11,12);1H2. The Labute approximate surface area is 74.4 Å². The van der Waals surface area contributed by atoms with Crippen molar-refractivity contribution in [1.82, 2.24) is 0 Å². The van der Waals surface area contributed by atoms with Gasteiger partial charge in [-0.15, -0.1) is 0 Å². The molecule has 0 spiro atoms. The summed E-state index contributed by atoms with van der Waals surface area (Å²) in [5.74, 6) is -2.04. The zero-order chi connectivity index (χ0) is 9.72. The Balaban J connectivity index is 0. The molecule has 0 aliphatic heterocycles. The largest absolute Gasteiger partial charge is 0.478 e. The third-order valence-corrected chi connectivity index (χ3v) is 1.20. The van der Waals surface area contributed by atoms with Crippen molar-refractivity contribution < 1.29 is 30.4 Å². The average molecular weight is 192 g/mol. The molecular formula is C7H12O6. The highest BCUT2D eigenvalue weighted by Gasteiger charge is 2.12. The molecule has 6 nitrogen and oxygen atoms in total. The zero-order valence-corrected chi connectivity index (χ0v) is 7.02. The third-order valence-electron chi connectivity index (χ3n) is 1.20. The van der Waals surface area contributed by atoms with Gasteiger partial charge in [0.15, 0.2) is 5.78 Å². The van der Waals surface area contributed by atoms with E-state index in [2.05, 4.69) is 0 Å². The molecule has 0 aromatic heterocycles. The summed E-state index contributed by atoms with van der Waals surface area (Å²) in [5.41, 5.74) is -0.174. The fourth-order valence-electron chi connectivity index (χ4n) is 0.461. The lowest BCUT2D eigenvalue weighted by atomic mass is 10.1. The number of carboxylic acids is 1. The highest BCUT2D eigenvalue weighted by Crippen LogP contribution is 1.95. The molecule has 0 saturated heterocycles. The molecule has 0 bridgehead atoms. The molecule has 0 amide bonds. The van der Waals surface area contributed by atoms with Crippen LogP contribution in [0.15, 0.2) is 11.6 Å². The highest BCUT2D eigenvalue weighted by atomic mass is 16.4. The van der Waals surface area contributed by atoms with Crippen molar-refractivity contribution in [2.75, 3.05) is 6.61 Å². The first-order valence-electron chi connectivity index (χ1n) is 3.23. The number of rotatable bonds is 4. The van der Waals surface area contributed by atoms with E-state index in [1.165, 1.54) is 6.92 Å². The van der Waals surface area contributed by atoms with Gasteiger partial charge in [-0.05, 0) is 13.0 Å². The van der Waals surface area contributed by atoms with Crippen LogP contribution in [-0.2, 0) is 9.59 Å². The van der Waals surface area contributed by atoms with Gasteiger partial charge in [0.2, 0.25) is 0 Å². The normalized spacial score (nSPS) is 13.0. The number of hydrogen-bond acceptors (Lipinski definition) is 4. The van der Waals surface area contributed by atoms with Gasteiger partial charge in [-0.1, -0.05) is 0 Å². The molecule has 6 heteroatoms. The van der Waals surface area contributed by atoms with E-state index in [1.807, 2.05) is 0 Å². The maximum Gasteiger partial charge on any atom is 0.331 e. The Bertz CT molecular complexity index is 219. The first-order chi connectivity index (χ1) is 5.49. The van der Waals surface area contributed by atoms with Crippen LogP contribution in [0.5, 0.6) is 0 Å². The molecule has 5 N–H and O–H groups in total. The van der Waals surface area contributed by atoms with E-state index in [4.69, 9.17) is 15.3 Å². The van der Waals surface area contributed by atoms with E-state index in [-0.39, 0.29) is 11.0 Å². The van der Waals surface area contributed by atoms with Crippen LogP contribution in [0.4, 0.5) is 0 Å². The van der Waals surface area contributed by atoms with Gasteiger partial charge >= 0.3 is 5.97 Å². The highest BCUT2D eigenvalue weighted by molar-refractivity contribution is 6.00. The molecule has 1 unspecified atom stereocenters. The minimum absolute atomic E-state index is 0. The first kappa shape index (κ1) is 14.3. The summed E-state index contributed by atoms with van der Waals surface area (Å²) in [6, 6.07) is 0. The fourth-order valence-corrected chi connectivity index (χ4v) is 0.461. The Morgan fingerprint density at radius 1 is 1.46 bits per heavy atom. The molecule has 0 fully saturated rings. The van der Waals surface area contributed by atoms with Gasteiger partial charge in [0, 0.05) is 5.57 Å². The topological polar surface area (TPSA) is 126 Å². The van der Waals surface area contributed by atoms with Crippen molar-refractivity contribution >= 4 is 11.8 Å². The Morgan fingerprint density at radius 3 is 2.23 bits per heavy atom. The van der Waals surface area contributed by atoms with Crippen molar-refractivity contribution in [3.63, 3.8) is 0 Å². The number of carbonyl (C=O) groups excluding carboxylic acids is 1. The number of ketones is 1. The van der Waals surface area contributed by atoms with Gasteiger partial charge < -0.3 is 20.8 Å². The van der Waals surface area contributed by atoms with Crippen LogP contribution in [0, 0.1) is 0 Å². The van der Waals surface area contributed by atoms with Crippen molar-refractivity contribution in [3.8, 4) is 0 Å². The van der Waals surface area contributed by atoms with Crippen molar-refractivity contribution in [2.45, 2.75) is 13.0 Å². The molecule has 0 heterocycles. The summed E-state index contributed by atoms with van der Waals surface area (Å²) >= 11 is 0. The van der Waals surface area contributed by atoms with E-state index in [1.54, 1.807) is 0 Å². The van der Waals surface area contributed by atoms with Crippen LogP contribution < -0.4 is 0 Å². The van der Waals surface area contributed by atoms with Gasteiger partial charge in [-0.25, -0.2) is 4.79 Å². The van der Waals surface area contributed by atoms with E-state index in [9.17, 15) is 9.59 Å². The second-order valence-electron chi connectivity index (χ2n) is 2.23. The minimum Gasteiger partial charge on any atom is -0.478 e. The van der Waals surface area contributed by atoms with Gasteiger partial charge in [0.05, 0.1) is 6.61 Å². The van der Waals surface area contributed by atoms with Crippen LogP contribution in [0.2, 0.25) is 0 Å². The Morgan fingerprint density at radius 2 is 1.92 bits per heavy atom. The van der Waals surface area contributed by atoms with Crippen molar-refractivity contribution in [3.05, 3.63) is 11.6 Å². The van der Waals surface area contributed by atoms with Crippen LogP contribution in [-0.4, -0.2) is 45.3 Å². The third kappa shape index (κ3) is 5.07. The quantitative estimate of drug-likeness (QED) is 0.449. The lowest BCUT2D eigenvalue weighted by Crippen LogP contribution is -2.22. The van der Waals surface area contributed by atoms with Gasteiger partial charge in [0.25, 0.3) is 0 Å². The van der Waals surface area contributed by atoms with Crippen molar-refractivity contribution in [2.24, 2.45) is 0 Å². The van der Waals surface area contributed by atoms with Gasteiger partial charge in [-0.3, -0.25) is 4.79 Å². The van der Waals surface area contributed by atoms with Crippen LogP contribution in [0.25, 0.3) is 0 Å². The molecule has 0 radical (unpaired) electrons. The summed E-state index contributed by atoms with van der Waals surface area (Å²) in [7, 11) is 0. The molecule has 0 aromatic rings. The molecule has 1 atom stereocenters. The minimum atomic E-state index is -1.53. The number of aliphatic hydroxyl groups is 2. The van der Waals surface area contributed by atoms with Crippen LogP contribution in [0.3, 0.4) is 0 Å². The molecule has 0 rings (SSSR count). The van der Waals surface area contributed by atoms with E-state index < -0.39 is 24.5 Å². The summed E-state index contributed by atoms with van der Waals surface area (Å²) in [6.07, 6.45) is -0.747. The van der Waals surface area contributed by atoms with Gasteiger partial charge in [0.1, 0.15) is 6.10 Å². The summed E-state index contributed by atoms with van der Waals surface area (Å²) in [4.78, 5) is 20.9. The SMILES string of the molecule is CC(=CC(=O)C(O)CO)C(=O)O.O. The predicted molar refractivity (Wildman–Crippen MR) is 43.1 cm³/mol. The Kier molecular flexibility index (Phi) is 6.92. The second kappa shape index (κ2) is 6.30. The summed E-state index contributed by atoms with van der Waals surface area (Å²) < 4.78 is 0. The average Bonchev–Trinajstić information content (AvgIpc) is 2.02. The fraction of sp³-hybridized carbons (Fsp3) is 0.429. The van der Waals surface area contributed by atoms with Crippen molar-refractivity contribution in [1.29, 1.82) is 0 Å². The molecule has 0 aliphatic rings. The molecule has 0 aliphatic carbocycles. The summed E-state index contributed by atoms with van der Waals surface area (Å²) in [6.45, 7) is 0.520. The molecule has 0 aromatic carbocycles. The van der Waals surface area contributed by atoms with Crippen LogP contribution >= 0.6 is 0 Å². The monoisotopic (exact) mass is 192 g/mol. The van der Waals surface area contributed by atoms with E-state index >= 15 is 0 Å². The number of carbonyl (C=O) groups is 2. The smallest absolute Gasteiger partial charge is 0.331 e. The number of aliphatic carboxylic acids is 1. The molecular weight excluding hydrogens is 180 g/mol. The van der Waals surface area contributed by atoms with E-state index in [0.717, 1.165) is 6.08 Å². The number of carboxylic acid groups (broad SMARTS) is 1. The van der Waals surface area contributed by atoms with Gasteiger partial charge in [-0.2, -0.15) is 0 Å². The lowest BCUT2D eigenvalue weighted by molar-refractivity contribution is -0.133. The molecule has 0 saturated carbocycles. The first-order valence-corrected chi connectivity index (χ1v) is 3.23.